The largest absolute Gasteiger partial charge is 0.385 e. The van der Waals surface area contributed by atoms with Crippen molar-refractivity contribution in [2.45, 2.75) is 19.4 Å². The zero-order valence-electron chi connectivity index (χ0n) is 10.0. The molecule has 1 rings (SSSR count). The number of halogens is 2. The van der Waals surface area contributed by atoms with E-state index in [0.29, 0.717) is 12.2 Å². The van der Waals surface area contributed by atoms with E-state index in [4.69, 9.17) is 10.6 Å². The van der Waals surface area contributed by atoms with Gasteiger partial charge in [0, 0.05) is 25.3 Å². The molecule has 0 aromatic heterocycles. The first-order chi connectivity index (χ1) is 8.10. The molecular weight excluding hydrogens is 226 g/mol. The molecule has 5 heteroatoms. The van der Waals surface area contributed by atoms with Crippen LogP contribution >= 0.6 is 0 Å². The van der Waals surface area contributed by atoms with Gasteiger partial charge in [0.1, 0.15) is 11.6 Å². The summed E-state index contributed by atoms with van der Waals surface area (Å²) >= 11 is 0. The summed E-state index contributed by atoms with van der Waals surface area (Å²) in [5.41, 5.74) is 2.94. The SMILES string of the molecule is COCCC(C)C(NN)c1ccc(F)cc1F. The van der Waals surface area contributed by atoms with Crippen LogP contribution in [0.3, 0.4) is 0 Å². The summed E-state index contributed by atoms with van der Waals surface area (Å²) in [5, 5.41) is 0. The maximum Gasteiger partial charge on any atom is 0.130 e. The van der Waals surface area contributed by atoms with Crippen molar-refractivity contribution >= 4 is 0 Å². The van der Waals surface area contributed by atoms with Gasteiger partial charge >= 0.3 is 0 Å². The van der Waals surface area contributed by atoms with Gasteiger partial charge in [-0.15, -0.1) is 0 Å². The van der Waals surface area contributed by atoms with Crippen molar-refractivity contribution in [2.24, 2.45) is 11.8 Å². The number of nitrogens with two attached hydrogens (primary N) is 1. The van der Waals surface area contributed by atoms with E-state index >= 15 is 0 Å². The second-order valence-electron chi connectivity index (χ2n) is 4.07. The van der Waals surface area contributed by atoms with Gasteiger partial charge in [0.25, 0.3) is 0 Å². The van der Waals surface area contributed by atoms with Gasteiger partial charge in [0.15, 0.2) is 0 Å². The molecule has 0 saturated carbocycles. The van der Waals surface area contributed by atoms with E-state index in [1.54, 1.807) is 7.11 Å². The van der Waals surface area contributed by atoms with E-state index in [1.165, 1.54) is 12.1 Å². The lowest BCUT2D eigenvalue weighted by Gasteiger charge is -2.23. The molecule has 96 valence electrons. The average molecular weight is 244 g/mol. The summed E-state index contributed by atoms with van der Waals surface area (Å²) < 4.78 is 31.4. The Balaban J connectivity index is 2.85. The Bertz CT molecular complexity index is 360. The van der Waals surface area contributed by atoms with Crippen LogP contribution in [0.4, 0.5) is 8.78 Å². The van der Waals surface area contributed by atoms with Gasteiger partial charge in [-0.1, -0.05) is 13.0 Å². The minimum atomic E-state index is -0.591. The van der Waals surface area contributed by atoms with Gasteiger partial charge in [-0.2, -0.15) is 0 Å². The number of benzene rings is 1. The molecule has 0 aliphatic carbocycles. The lowest BCUT2D eigenvalue weighted by atomic mass is 9.92. The van der Waals surface area contributed by atoms with Crippen molar-refractivity contribution in [3.05, 3.63) is 35.4 Å². The van der Waals surface area contributed by atoms with Gasteiger partial charge in [-0.25, -0.2) is 8.78 Å². The van der Waals surface area contributed by atoms with E-state index in [-0.39, 0.29) is 12.0 Å². The molecule has 0 fully saturated rings. The molecule has 3 nitrogen and oxygen atoms in total. The van der Waals surface area contributed by atoms with Gasteiger partial charge in [-0.05, 0) is 18.4 Å². The van der Waals surface area contributed by atoms with E-state index in [0.717, 1.165) is 12.5 Å². The Hall–Kier alpha value is -1.04. The first kappa shape index (κ1) is 14.0. The summed E-state index contributed by atoms with van der Waals surface area (Å²) in [7, 11) is 1.61. The molecule has 0 aliphatic heterocycles. The molecule has 17 heavy (non-hydrogen) atoms. The fourth-order valence-electron chi connectivity index (χ4n) is 1.78. The highest BCUT2D eigenvalue weighted by Crippen LogP contribution is 2.26. The summed E-state index contributed by atoms with van der Waals surface area (Å²) in [6, 6.07) is 3.15. The molecule has 1 aromatic carbocycles. The van der Waals surface area contributed by atoms with E-state index in [1.807, 2.05) is 6.92 Å². The smallest absolute Gasteiger partial charge is 0.130 e. The fourth-order valence-corrected chi connectivity index (χ4v) is 1.78. The van der Waals surface area contributed by atoms with Crippen LogP contribution in [-0.2, 0) is 4.74 Å². The second-order valence-corrected chi connectivity index (χ2v) is 4.07. The predicted octanol–water partition coefficient (Wildman–Crippen LogP) is 2.14. The van der Waals surface area contributed by atoms with E-state index < -0.39 is 11.6 Å². The van der Waals surface area contributed by atoms with Crippen molar-refractivity contribution in [3.8, 4) is 0 Å². The van der Waals surface area contributed by atoms with Gasteiger partial charge in [0.05, 0.1) is 6.04 Å². The molecule has 3 N–H and O–H groups in total. The molecule has 0 amide bonds. The second kappa shape index (κ2) is 6.64. The number of hydrogen-bond acceptors (Lipinski definition) is 3. The highest BCUT2D eigenvalue weighted by Gasteiger charge is 2.21. The van der Waals surface area contributed by atoms with Gasteiger partial charge in [0.2, 0.25) is 0 Å². The zero-order valence-corrected chi connectivity index (χ0v) is 10.0. The van der Waals surface area contributed by atoms with Crippen molar-refractivity contribution in [2.75, 3.05) is 13.7 Å². The molecule has 0 aliphatic rings. The monoisotopic (exact) mass is 244 g/mol. The molecule has 0 spiro atoms. The van der Waals surface area contributed by atoms with E-state index in [2.05, 4.69) is 5.43 Å². The molecule has 2 atom stereocenters. The maximum absolute atomic E-state index is 13.6. The molecule has 0 heterocycles. The van der Waals surface area contributed by atoms with Crippen LogP contribution in [0, 0.1) is 17.6 Å². The van der Waals surface area contributed by atoms with Crippen molar-refractivity contribution in [3.63, 3.8) is 0 Å². The first-order valence-corrected chi connectivity index (χ1v) is 5.50. The Kier molecular flexibility index (Phi) is 5.47. The standard InChI is InChI=1S/C12H18F2N2O/c1-8(5-6-17-2)12(16-15)10-4-3-9(13)7-11(10)14/h3-4,7-8,12,16H,5-6,15H2,1-2H3. The Morgan fingerprint density at radius 2 is 2.12 bits per heavy atom. The van der Waals surface area contributed by atoms with Crippen LogP contribution in [0.1, 0.15) is 24.9 Å². The van der Waals surface area contributed by atoms with Crippen LogP contribution in [0.5, 0.6) is 0 Å². The zero-order chi connectivity index (χ0) is 12.8. The van der Waals surface area contributed by atoms with E-state index in [9.17, 15) is 8.78 Å². The summed E-state index contributed by atoms with van der Waals surface area (Å²) in [6.45, 7) is 2.51. The Morgan fingerprint density at radius 1 is 1.41 bits per heavy atom. The number of hydrazine groups is 1. The number of hydrogen-bond donors (Lipinski definition) is 2. The van der Waals surface area contributed by atoms with Crippen LogP contribution in [0.15, 0.2) is 18.2 Å². The lowest BCUT2D eigenvalue weighted by Crippen LogP contribution is -2.33. The third-order valence-electron chi connectivity index (χ3n) is 2.82. The van der Waals surface area contributed by atoms with Crippen LogP contribution < -0.4 is 11.3 Å². The Morgan fingerprint density at radius 3 is 2.65 bits per heavy atom. The number of methoxy groups -OCH3 is 1. The first-order valence-electron chi connectivity index (χ1n) is 5.50. The normalized spacial score (nSPS) is 14.6. The molecule has 1 aromatic rings. The van der Waals surface area contributed by atoms with Crippen LogP contribution in [-0.4, -0.2) is 13.7 Å². The number of nitrogens with one attached hydrogen (secondary N) is 1. The van der Waals surface area contributed by atoms with Crippen molar-refractivity contribution in [1.29, 1.82) is 0 Å². The molecule has 0 saturated heterocycles. The van der Waals surface area contributed by atoms with Crippen molar-refractivity contribution in [1.82, 2.24) is 5.43 Å². The minimum Gasteiger partial charge on any atom is -0.385 e. The molecule has 2 unspecified atom stereocenters. The van der Waals surface area contributed by atoms with Crippen LogP contribution in [0.2, 0.25) is 0 Å². The van der Waals surface area contributed by atoms with Crippen molar-refractivity contribution < 1.29 is 13.5 Å². The lowest BCUT2D eigenvalue weighted by molar-refractivity contribution is 0.169. The number of rotatable bonds is 6. The molecule has 0 radical (unpaired) electrons. The highest BCUT2D eigenvalue weighted by molar-refractivity contribution is 5.22. The maximum atomic E-state index is 13.6. The fraction of sp³-hybridized carbons (Fsp3) is 0.500. The van der Waals surface area contributed by atoms with Gasteiger partial charge in [-0.3, -0.25) is 11.3 Å². The third-order valence-corrected chi connectivity index (χ3v) is 2.82. The van der Waals surface area contributed by atoms with Crippen LogP contribution in [0.25, 0.3) is 0 Å². The highest BCUT2D eigenvalue weighted by atomic mass is 19.1. The molecular formula is C12H18F2N2O. The average Bonchev–Trinajstić information content (AvgIpc) is 2.30. The topological polar surface area (TPSA) is 47.3 Å². The summed E-state index contributed by atoms with van der Waals surface area (Å²) in [5.74, 6) is 4.34. The summed E-state index contributed by atoms with van der Waals surface area (Å²) in [4.78, 5) is 0. The molecule has 0 bridgehead atoms. The quantitative estimate of drug-likeness (QED) is 0.595. The summed E-state index contributed by atoms with van der Waals surface area (Å²) in [6.07, 6.45) is 0.738. The number of ether oxygens (including phenoxy) is 1. The van der Waals surface area contributed by atoms with Gasteiger partial charge < -0.3 is 4.74 Å². The Labute approximate surface area is 99.9 Å². The predicted molar refractivity (Wildman–Crippen MR) is 62.1 cm³/mol. The third kappa shape index (κ3) is 3.73. The minimum absolute atomic E-state index is 0.0833.